The Morgan fingerprint density at radius 1 is 1.46 bits per heavy atom. The Hall–Kier alpha value is 0.270. The van der Waals surface area contributed by atoms with Gasteiger partial charge in [0.05, 0.1) is 0 Å². The lowest BCUT2D eigenvalue weighted by atomic mass is 10.2. The van der Waals surface area contributed by atoms with Gasteiger partial charge in [-0.05, 0) is 31.6 Å². The van der Waals surface area contributed by atoms with E-state index in [4.69, 9.17) is 5.11 Å². The summed E-state index contributed by atoms with van der Waals surface area (Å²) in [6, 6.07) is 0.730. The van der Waals surface area contributed by atoms with Gasteiger partial charge < -0.3 is 10.4 Å². The van der Waals surface area contributed by atoms with Crippen LogP contribution in [0, 0.1) is 0 Å². The van der Waals surface area contributed by atoms with Gasteiger partial charge in [-0.3, -0.25) is 0 Å². The van der Waals surface area contributed by atoms with E-state index in [1.54, 1.807) is 0 Å². The Kier molecular flexibility index (Phi) is 5.83. The van der Waals surface area contributed by atoms with E-state index in [2.05, 4.69) is 12.2 Å². The third-order valence-electron chi connectivity index (χ3n) is 2.55. The van der Waals surface area contributed by atoms with Crippen molar-refractivity contribution in [2.45, 2.75) is 43.9 Å². The minimum Gasteiger partial charge on any atom is -0.396 e. The Morgan fingerprint density at radius 3 is 3.00 bits per heavy atom. The molecule has 13 heavy (non-hydrogen) atoms. The summed E-state index contributed by atoms with van der Waals surface area (Å²) < 4.78 is 0. The first-order valence-corrected chi connectivity index (χ1v) is 6.39. The average molecular weight is 203 g/mol. The van der Waals surface area contributed by atoms with Crippen molar-refractivity contribution in [2.75, 3.05) is 18.9 Å². The highest BCUT2D eigenvalue weighted by Gasteiger charge is 2.26. The van der Waals surface area contributed by atoms with Crippen LogP contribution < -0.4 is 5.32 Å². The maximum Gasteiger partial charge on any atom is 0.0438 e. The third-order valence-corrected chi connectivity index (χ3v) is 4.07. The van der Waals surface area contributed by atoms with Crippen molar-refractivity contribution < 1.29 is 5.11 Å². The van der Waals surface area contributed by atoms with Gasteiger partial charge in [-0.1, -0.05) is 13.3 Å². The molecule has 1 saturated carbocycles. The first-order valence-electron chi connectivity index (χ1n) is 5.34. The lowest BCUT2D eigenvalue weighted by molar-refractivity contribution is 0.296. The molecule has 1 fully saturated rings. The van der Waals surface area contributed by atoms with Crippen LogP contribution in [0.2, 0.25) is 0 Å². The van der Waals surface area contributed by atoms with Gasteiger partial charge in [0.25, 0.3) is 0 Å². The second kappa shape index (κ2) is 6.68. The number of hydrogen-bond donors (Lipinski definition) is 2. The van der Waals surface area contributed by atoms with Crippen molar-refractivity contribution in [3.63, 3.8) is 0 Å². The monoisotopic (exact) mass is 203 g/mol. The zero-order valence-electron chi connectivity index (χ0n) is 8.46. The first kappa shape index (κ1) is 11.3. The second-order valence-corrected chi connectivity index (χ2v) is 4.93. The molecule has 0 aromatic carbocycles. The van der Waals surface area contributed by atoms with E-state index >= 15 is 0 Å². The summed E-state index contributed by atoms with van der Waals surface area (Å²) >= 11 is 2.03. The molecule has 0 bridgehead atoms. The highest BCUT2D eigenvalue weighted by atomic mass is 32.2. The molecule has 1 aliphatic carbocycles. The van der Waals surface area contributed by atoms with Crippen molar-refractivity contribution in [3.05, 3.63) is 0 Å². The van der Waals surface area contributed by atoms with Crippen LogP contribution >= 0.6 is 11.8 Å². The van der Waals surface area contributed by atoms with Crippen LogP contribution in [-0.4, -0.2) is 35.3 Å². The summed E-state index contributed by atoms with van der Waals surface area (Å²) in [5.74, 6) is 1.11. The van der Waals surface area contributed by atoms with Crippen molar-refractivity contribution in [3.8, 4) is 0 Å². The van der Waals surface area contributed by atoms with E-state index in [0.29, 0.717) is 6.61 Å². The fraction of sp³-hybridized carbons (Fsp3) is 1.00. The predicted octanol–water partition coefficient (Wildman–Crippen LogP) is 1.63. The molecule has 2 unspecified atom stereocenters. The van der Waals surface area contributed by atoms with Gasteiger partial charge >= 0.3 is 0 Å². The van der Waals surface area contributed by atoms with E-state index in [-0.39, 0.29) is 0 Å². The van der Waals surface area contributed by atoms with Gasteiger partial charge in [0.2, 0.25) is 0 Å². The number of aliphatic hydroxyl groups excluding tert-OH is 1. The lowest BCUT2D eigenvalue weighted by Crippen LogP contribution is -2.33. The molecule has 0 heterocycles. The summed E-state index contributed by atoms with van der Waals surface area (Å²) in [7, 11) is 0. The molecule has 0 radical (unpaired) electrons. The molecule has 0 saturated heterocycles. The van der Waals surface area contributed by atoms with Crippen LogP contribution in [0.5, 0.6) is 0 Å². The SMILES string of the molecule is CCNC1CCCC1SCCCO. The maximum atomic E-state index is 8.68. The van der Waals surface area contributed by atoms with Gasteiger partial charge in [0.1, 0.15) is 0 Å². The Balaban J connectivity index is 2.15. The quantitative estimate of drug-likeness (QED) is 0.644. The van der Waals surface area contributed by atoms with Crippen LogP contribution in [0.4, 0.5) is 0 Å². The van der Waals surface area contributed by atoms with E-state index in [1.165, 1.54) is 19.3 Å². The molecular weight excluding hydrogens is 182 g/mol. The molecule has 2 atom stereocenters. The van der Waals surface area contributed by atoms with Gasteiger partial charge in [-0.15, -0.1) is 0 Å². The largest absolute Gasteiger partial charge is 0.396 e. The molecule has 1 aliphatic rings. The standard InChI is InChI=1S/C10H21NOS/c1-2-11-9-5-3-6-10(9)13-8-4-7-12/h9-12H,2-8H2,1H3. The molecule has 0 aromatic heterocycles. The molecule has 2 nitrogen and oxygen atoms in total. The Labute approximate surface area is 85.5 Å². The maximum absolute atomic E-state index is 8.68. The molecule has 2 N–H and O–H groups in total. The lowest BCUT2D eigenvalue weighted by Gasteiger charge is -2.19. The number of aliphatic hydroxyl groups is 1. The summed E-state index contributed by atoms with van der Waals surface area (Å²) in [6.07, 6.45) is 5.01. The second-order valence-electron chi connectivity index (χ2n) is 3.58. The topological polar surface area (TPSA) is 32.3 Å². The molecule has 78 valence electrons. The van der Waals surface area contributed by atoms with Crippen molar-refractivity contribution >= 4 is 11.8 Å². The van der Waals surface area contributed by atoms with Crippen LogP contribution in [0.1, 0.15) is 32.6 Å². The Bertz CT molecular complexity index is 132. The summed E-state index contributed by atoms with van der Waals surface area (Å²) in [6.45, 7) is 3.60. The van der Waals surface area contributed by atoms with Crippen LogP contribution in [0.15, 0.2) is 0 Å². The summed E-state index contributed by atoms with van der Waals surface area (Å²) in [5.41, 5.74) is 0. The highest BCUT2D eigenvalue weighted by Crippen LogP contribution is 2.30. The molecule has 0 aliphatic heterocycles. The van der Waals surface area contributed by atoms with Gasteiger partial charge in [-0.2, -0.15) is 11.8 Å². The number of nitrogens with one attached hydrogen (secondary N) is 1. The van der Waals surface area contributed by atoms with Crippen molar-refractivity contribution in [1.82, 2.24) is 5.32 Å². The molecule has 1 rings (SSSR count). The van der Waals surface area contributed by atoms with Crippen LogP contribution in [0.25, 0.3) is 0 Å². The van der Waals surface area contributed by atoms with Crippen molar-refractivity contribution in [1.29, 1.82) is 0 Å². The fourth-order valence-electron chi connectivity index (χ4n) is 1.92. The van der Waals surface area contributed by atoms with Crippen molar-refractivity contribution in [2.24, 2.45) is 0 Å². The molecule has 0 aromatic rings. The minimum absolute atomic E-state index is 0.339. The molecule has 0 amide bonds. The van der Waals surface area contributed by atoms with Crippen LogP contribution in [-0.2, 0) is 0 Å². The van der Waals surface area contributed by atoms with Gasteiger partial charge in [0.15, 0.2) is 0 Å². The third kappa shape index (κ3) is 3.88. The normalized spacial score (nSPS) is 28.2. The summed E-state index contributed by atoms with van der Waals surface area (Å²) in [4.78, 5) is 0. The minimum atomic E-state index is 0.339. The highest BCUT2D eigenvalue weighted by molar-refractivity contribution is 7.99. The molecular formula is C10H21NOS. The average Bonchev–Trinajstić information content (AvgIpc) is 2.54. The first-order chi connectivity index (χ1) is 6.38. The zero-order chi connectivity index (χ0) is 9.52. The number of hydrogen-bond acceptors (Lipinski definition) is 3. The predicted molar refractivity (Wildman–Crippen MR) is 59.3 cm³/mol. The zero-order valence-corrected chi connectivity index (χ0v) is 9.28. The number of thioether (sulfide) groups is 1. The van der Waals surface area contributed by atoms with Gasteiger partial charge in [-0.25, -0.2) is 0 Å². The van der Waals surface area contributed by atoms with E-state index in [9.17, 15) is 0 Å². The fourth-order valence-corrected chi connectivity index (χ4v) is 3.32. The van der Waals surface area contributed by atoms with Gasteiger partial charge in [0, 0.05) is 17.9 Å². The van der Waals surface area contributed by atoms with E-state index < -0.39 is 0 Å². The summed E-state index contributed by atoms with van der Waals surface area (Å²) in [5, 5.41) is 13.0. The van der Waals surface area contributed by atoms with E-state index in [0.717, 1.165) is 30.0 Å². The molecule has 3 heteroatoms. The van der Waals surface area contributed by atoms with E-state index in [1.807, 2.05) is 11.8 Å². The van der Waals surface area contributed by atoms with Crippen LogP contribution in [0.3, 0.4) is 0 Å². The Morgan fingerprint density at radius 2 is 2.31 bits per heavy atom. The smallest absolute Gasteiger partial charge is 0.0438 e. The number of rotatable bonds is 6. The molecule has 0 spiro atoms.